The summed E-state index contributed by atoms with van der Waals surface area (Å²) >= 11 is 15.0. The Hall–Kier alpha value is -4.30. The maximum Gasteiger partial charge on any atom is 0.127 e. The van der Waals surface area contributed by atoms with E-state index in [-0.39, 0.29) is 0 Å². The fourth-order valence-corrected chi connectivity index (χ4v) is 7.54. The fourth-order valence-electron chi connectivity index (χ4n) is 6.63. The summed E-state index contributed by atoms with van der Waals surface area (Å²) in [5, 5.41) is 0. The highest BCUT2D eigenvalue weighted by molar-refractivity contribution is 6.31. The molecule has 2 aliphatic carbocycles. The third kappa shape index (κ3) is 3.50. The number of fused-ring (bicyclic) bond motifs is 6. The second-order valence-corrected chi connectivity index (χ2v) is 11.8. The topological polar surface area (TPSA) is 9.23 Å². The molecular formula is C38H24Cl2O. The Morgan fingerprint density at radius 3 is 0.902 bits per heavy atom. The molecule has 6 aromatic rings. The van der Waals surface area contributed by atoms with Crippen molar-refractivity contribution in [2.75, 3.05) is 0 Å². The minimum Gasteiger partial charge on any atom is -0.457 e. The Kier molecular flexibility index (Phi) is 5.44. The summed E-state index contributed by atoms with van der Waals surface area (Å²) in [6.07, 6.45) is 0. The molecule has 0 amide bonds. The second-order valence-electron chi connectivity index (χ2n) is 10.7. The first kappa shape index (κ1) is 24.5. The van der Waals surface area contributed by atoms with Gasteiger partial charge < -0.3 is 4.74 Å². The third-order valence-electron chi connectivity index (χ3n) is 8.51. The van der Waals surface area contributed by atoms with Crippen LogP contribution >= 0.6 is 23.2 Å². The van der Waals surface area contributed by atoms with Gasteiger partial charge in [0.25, 0.3) is 0 Å². The predicted octanol–water partition coefficient (Wildman–Crippen LogP) is 10.5. The van der Waals surface area contributed by atoms with E-state index in [0.29, 0.717) is 0 Å². The van der Waals surface area contributed by atoms with E-state index in [4.69, 9.17) is 27.9 Å². The summed E-state index contributed by atoms with van der Waals surface area (Å²) in [7, 11) is 0. The molecule has 0 aromatic heterocycles. The minimum absolute atomic E-state index is 0.740. The average molecular weight is 568 g/mol. The van der Waals surface area contributed by atoms with Crippen LogP contribution in [0.25, 0.3) is 22.3 Å². The van der Waals surface area contributed by atoms with Crippen LogP contribution in [0.2, 0.25) is 0 Å². The highest BCUT2D eigenvalue weighted by Crippen LogP contribution is 2.56. The molecular weight excluding hydrogens is 543 g/mol. The molecule has 8 rings (SSSR count). The number of halogens is 2. The molecule has 0 heterocycles. The van der Waals surface area contributed by atoms with Gasteiger partial charge >= 0.3 is 0 Å². The standard InChI is InChI=1S/C38H24Cl2O/c39-37(33-13-5-1-9-29(33)30-10-2-6-14-34(30)37)25-17-21-27(22-18-25)41-28-23-19-26(20-24-28)38(40)35-15-7-3-11-31(35)32-12-4-8-16-36(32)38/h1-24H. The minimum atomic E-state index is -0.740. The van der Waals surface area contributed by atoms with E-state index in [1.807, 2.05) is 24.3 Å². The molecule has 1 nitrogen and oxygen atoms in total. The molecule has 0 saturated carbocycles. The van der Waals surface area contributed by atoms with Crippen LogP contribution in [0.4, 0.5) is 0 Å². The van der Waals surface area contributed by atoms with Crippen LogP contribution in [0.5, 0.6) is 11.5 Å². The normalized spacial score (nSPS) is 15.0. The first-order valence-electron chi connectivity index (χ1n) is 13.7. The lowest BCUT2D eigenvalue weighted by atomic mass is 9.88. The Balaban J connectivity index is 1.09. The van der Waals surface area contributed by atoms with Crippen molar-refractivity contribution >= 4 is 23.2 Å². The number of alkyl halides is 2. The van der Waals surface area contributed by atoms with E-state index in [1.54, 1.807) is 0 Å². The van der Waals surface area contributed by atoms with E-state index in [9.17, 15) is 0 Å². The Labute approximate surface area is 249 Å². The van der Waals surface area contributed by atoms with E-state index in [0.717, 1.165) is 44.9 Å². The summed E-state index contributed by atoms with van der Waals surface area (Å²) in [5.41, 5.74) is 11.2. The number of ether oxygens (including phenoxy) is 1. The molecule has 0 saturated heterocycles. The Bertz CT molecular complexity index is 1710. The molecule has 0 bridgehead atoms. The molecule has 41 heavy (non-hydrogen) atoms. The van der Waals surface area contributed by atoms with Gasteiger partial charge in [-0.3, -0.25) is 0 Å². The highest BCUT2D eigenvalue weighted by atomic mass is 35.5. The summed E-state index contributed by atoms with van der Waals surface area (Å²) in [6.45, 7) is 0. The van der Waals surface area contributed by atoms with Crippen LogP contribution in [-0.2, 0) is 9.75 Å². The van der Waals surface area contributed by atoms with Crippen LogP contribution in [0, 0.1) is 0 Å². The smallest absolute Gasteiger partial charge is 0.127 e. The molecule has 0 N–H and O–H groups in total. The summed E-state index contributed by atoms with van der Waals surface area (Å²) in [6, 6.07) is 49.8. The van der Waals surface area contributed by atoms with Crippen molar-refractivity contribution in [3.05, 3.63) is 179 Å². The number of benzene rings is 6. The number of hydrogen-bond acceptors (Lipinski definition) is 1. The van der Waals surface area contributed by atoms with Crippen LogP contribution in [0.1, 0.15) is 33.4 Å². The van der Waals surface area contributed by atoms with Crippen molar-refractivity contribution in [2.24, 2.45) is 0 Å². The Morgan fingerprint density at radius 2 is 0.610 bits per heavy atom. The lowest BCUT2D eigenvalue weighted by Gasteiger charge is -2.26. The van der Waals surface area contributed by atoms with Gasteiger partial charge in [0, 0.05) is 0 Å². The zero-order valence-electron chi connectivity index (χ0n) is 22.0. The second kappa shape index (κ2) is 9.11. The van der Waals surface area contributed by atoms with Crippen LogP contribution in [0.15, 0.2) is 146 Å². The van der Waals surface area contributed by atoms with Gasteiger partial charge in [0.05, 0.1) is 0 Å². The van der Waals surface area contributed by atoms with Gasteiger partial charge in [0.15, 0.2) is 0 Å². The van der Waals surface area contributed by atoms with Gasteiger partial charge in [-0.2, -0.15) is 0 Å². The molecule has 3 heteroatoms. The Morgan fingerprint density at radius 1 is 0.341 bits per heavy atom. The van der Waals surface area contributed by atoms with Crippen molar-refractivity contribution in [1.29, 1.82) is 0 Å². The SMILES string of the molecule is ClC1(c2ccc(Oc3ccc(C4(Cl)c5ccccc5-c5ccccc54)cc3)cc2)c2ccccc2-c2ccccc21. The molecule has 0 aliphatic heterocycles. The zero-order valence-corrected chi connectivity index (χ0v) is 23.5. The van der Waals surface area contributed by atoms with Crippen molar-refractivity contribution in [3.63, 3.8) is 0 Å². The summed E-state index contributed by atoms with van der Waals surface area (Å²) < 4.78 is 6.27. The van der Waals surface area contributed by atoms with Crippen LogP contribution < -0.4 is 4.74 Å². The number of rotatable bonds is 4. The lowest BCUT2D eigenvalue weighted by Crippen LogP contribution is -2.19. The van der Waals surface area contributed by atoms with Gasteiger partial charge in [0.2, 0.25) is 0 Å². The fraction of sp³-hybridized carbons (Fsp3) is 0.0526. The monoisotopic (exact) mass is 566 g/mol. The van der Waals surface area contributed by atoms with E-state index < -0.39 is 9.75 Å². The van der Waals surface area contributed by atoms with Gasteiger partial charge in [-0.1, -0.05) is 121 Å². The molecule has 0 fully saturated rings. The average Bonchev–Trinajstić information content (AvgIpc) is 3.46. The highest BCUT2D eigenvalue weighted by Gasteiger charge is 2.44. The zero-order chi connectivity index (χ0) is 27.6. The van der Waals surface area contributed by atoms with Gasteiger partial charge in [-0.05, 0) is 79.9 Å². The molecule has 0 radical (unpaired) electrons. The molecule has 0 atom stereocenters. The predicted molar refractivity (Wildman–Crippen MR) is 168 cm³/mol. The van der Waals surface area contributed by atoms with E-state index in [1.165, 1.54) is 22.3 Å². The lowest BCUT2D eigenvalue weighted by molar-refractivity contribution is 0.482. The van der Waals surface area contributed by atoms with Crippen molar-refractivity contribution < 1.29 is 4.74 Å². The molecule has 6 aromatic carbocycles. The van der Waals surface area contributed by atoms with Gasteiger partial charge in [-0.15, -0.1) is 23.2 Å². The van der Waals surface area contributed by atoms with Gasteiger partial charge in [0.1, 0.15) is 21.2 Å². The van der Waals surface area contributed by atoms with Crippen LogP contribution in [0.3, 0.4) is 0 Å². The molecule has 2 aliphatic rings. The van der Waals surface area contributed by atoms with Crippen molar-refractivity contribution in [3.8, 4) is 33.8 Å². The van der Waals surface area contributed by atoms with E-state index in [2.05, 4.69) is 121 Å². The molecule has 0 spiro atoms. The van der Waals surface area contributed by atoms with Gasteiger partial charge in [-0.25, -0.2) is 0 Å². The third-order valence-corrected chi connectivity index (χ3v) is 9.76. The molecule has 196 valence electrons. The summed E-state index contributed by atoms with van der Waals surface area (Å²) in [5.74, 6) is 1.50. The van der Waals surface area contributed by atoms with E-state index >= 15 is 0 Å². The first-order valence-corrected chi connectivity index (χ1v) is 14.5. The van der Waals surface area contributed by atoms with Crippen molar-refractivity contribution in [1.82, 2.24) is 0 Å². The maximum absolute atomic E-state index is 7.48. The molecule has 0 unspecified atom stereocenters. The van der Waals surface area contributed by atoms with Crippen molar-refractivity contribution in [2.45, 2.75) is 9.75 Å². The largest absolute Gasteiger partial charge is 0.457 e. The maximum atomic E-state index is 7.48. The first-order chi connectivity index (χ1) is 20.1. The number of hydrogen-bond donors (Lipinski definition) is 0. The summed E-state index contributed by atoms with van der Waals surface area (Å²) in [4.78, 5) is -1.48. The van der Waals surface area contributed by atoms with Crippen LogP contribution in [-0.4, -0.2) is 0 Å². The quantitative estimate of drug-likeness (QED) is 0.193.